The highest BCUT2D eigenvalue weighted by Crippen LogP contribution is 2.37. The lowest BCUT2D eigenvalue weighted by Crippen LogP contribution is -2.38. The van der Waals surface area contributed by atoms with Crippen LogP contribution in [-0.4, -0.2) is 55.0 Å². The summed E-state index contributed by atoms with van der Waals surface area (Å²) in [5.41, 5.74) is 4.66. The number of ketones is 1. The molecule has 0 radical (unpaired) electrons. The number of nitrogens with zero attached hydrogens (tertiary/aromatic N) is 2. The molecule has 38 heavy (non-hydrogen) atoms. The van der Waals surface area contributed by atoms with Crippen molar-refractivity contribution in [3.05, 3.63) is 58.7 Å². The van der Waals surface area contributed by atoms with Gasteiger partial charge in [-0.25, -0.2) is 4.79 Å². The van der Waals surface area contributed by atoms with Crippen molar-refractivity contribution in [1.82, 2.24) is 4.90 Å². The number of hydrogen-bond acceptors (Lipinski definition) is 5. The van der Waals surface area contributed by atoms with Crippen LogP contribution in [0, 0.1) is 0 Å². The third kappa shape index (κ3) is 6.94. The van der Waals surface area contributed by atoms with Crippen molar-refractivity contribution < 1.29 is 23.9 Å². The van der Waals surface area contributed by atoms with E-state index >= 15 is 0 Å². The number of anilines is 1. The number of aryl methyl sites for hydroxylation is 1. The number of unbranched alkanes of at least 4 members (excludes halogenated alkanes) is 2. The Kier molecular flexibility index (Phi) is 8.75. The summed E-state index contributed by atoms with van der Waals surface area (Å²) in [5, 5.41) is 0. The second-order valence-electron chi connectivity index (χ2n) is 11.2. The maximum absolute atomic E-state index is 13.0. The van der Waals surface area contributed by atoms with Crippen molar-refractivity contribution in [3.63, 3.8) is 0 Å². The molecule has 2 aromatic carbocycles. The molecule has 7 heteroatoms. The van der Waals surface area contributed by atoms with E-state index in [0.29, 0.717) is 25.9 Å². The molecule has 0 saturated heterocycles. The van der Waals surface area contributed by atoms with Gasteiger partial charge in [0, 0.05) is 38.0 Å². The summed E-state index contributed by atoms with van der Waals surface area (Å²) in [4.78, 5) is 41.6. The average Bonchev–Trinajstić information content (AvgIpc) is 3.32. The molecule has 2 heterocycles. The Labute approximate surface area is 226 Å². The highest BCUT2D eigenvalue weighted by Gasteiger charge is 2.32. The number of ether oxygens (including phenoxy) is 2. The summed E-state index contributed by atoms with van der Waals surface area (Å²) in [6, 6.07) is 11.9. The molecule has 0 saturated carbocycles. The van der Waals surface area contributed by atoms with Gasteiger partial charge in [-0.15, -0.1) is 0 Å². The minimum absolute atomic E-state index is 0.155. The number of benzene rings is 2. The summed E-state index contributed by atoms with van der Waals surface area (Å²) < 4.78 is 10.9. The van der Waals surface area contributed by atoms with Gasteiger partial charge >= 0.3 is 6.09 Å². The van der Waals surface area contributed by atoms with Crippen LogP contribution in [0.1, 0.15) is 79.9 Å². The van der Waals surface area contributed by atoms with E-state index in [1.54, 1.807) is 12.0 Å². The molecule has 0 atom stereocenters. The lowest BCUT2D eigenvalue weighted by atomic mass is 9.94. The first-order valence-electron chi connectivity index (χ1n) is 13.7. The number of methoxy groups -OCH3 is 1. The Hall–Kier alpha value is -3.35. The van der Waals surface area contributed by atoms with Crippen molar-refractivity contribution >= 4 is 23.5 Å². The Morgan fingerprint density at radius 2 is 1.66 bits per heavy atom. The Morgan fingerprint density at radius 1 is 0.947 bits per heavy atom. The number of carbonyl (C=O) groups excluding carboxylic acids is 3. The highest BCUT2D eigenvalue weighted by molar-refractivity contribution is 6.02. The fourth-order valence-electron chi connectivity index (χ4n) is 5.21. The fourth-order valence-corrected chi connectivity index (χ4v) is 5.21. The number of hydrogen-bond donors (Lipinski definition) is 0. The Balaban J connectivity index is 1.27. The molecular weight excluding hydrogens is 480 g/mol. The summed E-state index contributed by atoms with van der Waals surface area (Å²) in [5.74, 6) is 1.16. The first-order valence-corrected chi connectivity index (χ1v) is 13.7. The van der Waals surface area contributed by atoms with Crippen LogP contribution in [0.3, 0.4) is 0 Å². The quantitative estimate of drug-likeness (QED) is 0.278. The molecule has 2 amide bonds. The summed E-state index contributed by atoms with van der Waals surface area (Å²) >= 11 is 0. The average molecular weight is 521 g/mol. The molecule has 0 aromatic heterocycles. The summed E-state index contributed by atoms with van der Waals surface area (Å²) in [6.45, 7) is 7.51. The van der Waals surface area contributed by atoms with Crippen molar-refractivity contribution in [1.29, 1.82) is 0 Å². The van der Waals surface area contributed by atoms with Gasteiger partial charge in [0.2, 0.25) is 5.91 Å². The molecular formula is C31H40N2O5. The normalized spacial score (nSPS) is 14.3. The monoisotopic (exact) mass is 520 g/mol. The minimum Gasteiger partial charge on any atom is -0.497 e. The lowest BCUT2D eigenvalue weighted by Gasteiger charge is -2.27. The van der Waals surface area contributed by atoms with E-state index in [0.717, 1.165) is 78.8 Å². The summed E-state index contributed by atoms with van der Waals surface area (Å²) in [7, 11) is 1.64. The van der Waals surface area contributed by atoms with Crippen molar-refractivity contribution in [2.45, 2.75) is 77.7 Å². The van der Waals surface area contributed by atoms with Gasteiger partial charge in [-0.1, -0.05) is 18.6 Å². The number of carbonyl (C=O) groups is 3. The molecule has 204 valence electrons. The van der Waals surface area contributed by atoms with Gasteiger partial charge in [-0.05, 0) is 93.8 Å². The molecule has 0 fully saturated rings. The molecule has 2 aliphatic heterocycles. The first-order chi connectivity index (χ1) is 18.1. The second-order valence-corrected chi connectivity index (χ2v) is 11.2. The van der Waals surface area contributed by atoms with Gasteiger partial charge in [0.25, 0.3) is 0 Å². The predicted octanol–water partition coefficient (Wildman–Crippen LogP) is 5.75. The number of Topliss-reactive ketones (excluding diaryl/α,β-unsaturated/α-hetero) is 1. The third-order valence-corrected chi connectivity index (χ3v) is 7.19. The maximum atomic E-state index is 13.0. The smallest absolute Gasteiger partial charge is 0.410 e. The van der Waals surface area contributed by atoms with Crippen LogP contribution in [0.4, 0.5) is 10.5 Å². The molecule has 0 aliphatic carbocycles. The van der Waals surface area contributed by atoms with E-state index in [9.17, 15) is 14.4 Å². The van der Waals surface area contributed by atoms with Crippen LogP contribution in [0.15, 0.2) is 36.4 Å². The largest absolute Gasteiger partial charge is 0.497 e. The predicted molar refractivity (Wildman–Crippen MR) is 148 cm³/mol. The summed E-state index contributed by atoms with van der Waals surface area (Å²) in [6.07, 6.45) is 5.41. The molecule has 0 N–H and O–H groups in total. The van der Waals surface area contributed by atoms with E-state index in [1.807, 2.05) is 62.1 Å². The van der Waals surface area contributed by atoms with Crippen molar-refractivity contribution in [2.24, 2.45) is 0 Å². The van der Waals surface area contributed by atoms with E-state index in [4.69, 9.17) is 9.47 Å². The van der Waals surface area contributed by atoms with Gasteiger partial charge < -0.3 is 19.3 Å². The zero-order valence-electron chi connectivity index (χ0n) is 23.2. The van der Waals surface area contributed by atoms with E-state index < -0.39 is 5.60 Å². The Bertz CT molecular complexity index is 1170. The van der Waals surface area contributed by atoms with Gasteiger partial charge in [0.1, 0.15) is 11.4 Å². The molecule has 4 rings (SSSR count). The number of rotatable bonds is 11. The van der Waals surface area contributed by atoms with Crippen LogP contribution in [0.5, 0.6) is 5.75 Å². The topological polar surface area (TPSA) is 76.2 Å². The first kappa shape index (κ1) is 27.7. The number of amides is 2. The third-order valence-electron chi connectivity index (χ3n) is 7.19. The zero-order chi connectivity index (χ0) is 27.3. The van der Waals surface area contributed by atoms with E-state index in [-0.39, 0.29) is 17.8 Å². The molecule has 0 unspecified atom stereocenters. The van der Waals surface area contributed by atoms with Gasteiger partial charge in [0.15, 0.2) is 5.78 Å². The van der Waals surface area contributed by atoms with Crippen LogP contribution in [0.25, 0.3) is 0 Å². The minimum atomic E-state index is -0.554. The molecule has 2 aromatic rings. The molecule has 0 bridgehead atoms. The van der Waals surface area contributed by atoms with Gasteiger partial charge in [0.05, 0.1) is 12.8 Å². The lowest BCUT2D eigenvalue weighted by molar-refractivity contribution is -0.118. The van der Waals surface area contributed by atoms with Crippen LogP contribution >= 0.6 is 0 Å². The van der Waals surface area contributed by atoms with Crippen molar-refractivity contribution in [2.75, 3.05) is 31.6 Å². The van der Waals surface area contributed by atoms with Crippen LogP contribution in [-0.2, 0) is 28.8 Å². The molecule has 7 nitrogen and oxygen atoms in total. The van der Waals surface area contributed by atoms with E-state index in [2.05, 4.69) is 0 Å². The van der Waals surface area contributed by atoms with Crippen LogP contribution < -0.4 is 9.64 Å². The molecule has 2 aliphatic rings. The van der Waals surface area contributed by atoms with Crippen LogP contribution in [0.2, 0.25) is 0 Å². The Morgan fingerprint density at radius 3 is 2.34 bits per heavy atom. The second kappa shape index (κ2) is 12.0. The highest BCUT2D eigenvalue weighted by atomic mass is 16.6. The van der Waals surface area contributed by atoms with E-state index in [1.165, 1.54) is 0 Å². The zero-order valence-corrected chi connectivity index (χ0v) is 23.2. The standard InChI is InChI=1S/C31H40N2O5/c1-31(2,3)38-30(36)32(18-15-22-9-12-26(37-4)13-10-22)17-7-5-6-8-27(34)25-20-23-11-14-28(35)33-19-16-24(21-25)29(23)33/h9-10,12-13,20-21H,5-8,11,14-19H2,1-4H3. The molecule has 0 spiro atoms. The SMILES string of the molecule is COc1ccc(CCN(CCCCCC(=O)c2cc3c4c(c2)CCN4C(=O)CC3)C(=O)OC(C)(C)C)cc1. The van der Waals surface area contributed by atoms with Crippen molar-refractivity contribution in [3.8, 4) is 5.75 Å². The fraction of sp³-hybridized carbons (Fsp3) is 0.516. The maximum Gasteiger partial charge on any atom is 0.410 e. The van der Waals surface area contributed by atoms with Gasteiger partial charge in [-0.2, -0.15) is 0 Å². The van der Waals surface area contributed by atoms with Gasteiger partial charge in [-0.3, -0.25) is 9.59 Å².